The Labute approximate surface area is 138 Å². The molecule has 0 unspecified atom stereocenters. The molecule has 0 saturated carbocycles. The Hall–Kier alpha value is -2.83. The van der Waals surface area contributed by atoms with E-state index < -0.39 is 11.9 Å². The van der Waals surface area contributed by atoms with E-state index in [1.807, 2.05) is 0 Å². The predicted molar refractivity (Wildman–Crippen MR) is 83.9 cm³/mol. The fraction of sp³-hybridized carbons (Fsp3) is 0.294. The van der Waals surface area contributed by atoms with Crippen molar-refractivity contribution in [1.29, 1.82) is 0 Å². The molecule has 1 aromatic heterocycles. The van der Waals surface area contributed by atoms with Gasteiger partial charge in [0, 0.05) is 19.0 Å². The fourth-order valence-electron chi connectivity index (χ4n) is 2.07. The first kappa shape index (κ1) is 17.5. The average Bonchev–Trinajstić information content (AvgIpc) is 3.01. The molecule has 0 aliphatic heterocycles. The number of carbonyl (C=O) groups is 2. The van der Waals surface area contributed by atoms with Gasteiger partial charge in [-0.1, -0.05) is 6.92 Å². The number of rotatable bonds is 8. The van der Waals surface area contributed by atoms with Crippen molar-refractivity contribution in [1.82, 2.24) is 5.32 Å². The maximum atomic E-state index is 12.7. The van der Waals surface area contributed by atoms with E-state index in [4.69, 9.17) is 14.3 Å². The molecule has 24 heavy (non-hydrogen) atoms. The van der Waals surface area contributed by atoms with Gasteiger partial charge in [-0.3, -0.25) is 4.79 Å². The first-order valence-electron chi connectivity index (χ1n) is 7.53. The highest BCUT2D eigenvalue weighted by molar-refractivity contribution is 5.96. The van der Waals surface area contributed by atoms with Gasteiger partial charge in [0.2, 0.25) is 0 Å². The lowest BCUT2D eigenvalue weighted by Crippen LogP contribution is -2.25. The molecule has 0 spiro atoms. The predicted octanol–water partition coefficient (Wildman–Crippen LogP) is 2.88. The van der Waals surface area contributed by atoms with E-state index in [1.54, 1.807) is 6.92 Å². The Bertz CT molecular complexity index is 708. The van der Waals surface area contributed by atoms with E-state index >= 15 is 0 Å². The van der Waals surface area contributed by atoms with Crippen molar-refractivity contribution in [2.45, 2.75) is 19.8 Å². The summed E-state index contributed by atoms with van der Waals surface area (Å²) in [5.74, 6) is -1.13. The van der Waals surface area contributed by atoms with Crippen LogP contribution in [0.3, 0.4) is 0 Å². The maximum absolute atomic E-state index is 12.7. The highest BCUT2D eigenvalue weighted by Gasteiger charge is 2.19. The lowest BCUT2D eigenvalue weighted by atomic mass is 10.2. The normalized spacial score (nSPS) is 10.4. The SMILES string of the molecule is CCc1oc(C(=O)NCCCOc2ccc(F)cc2)cc1C(=O)O. The van der Waals surface area contributed by atoms with Crippen molar-refractivity contribution >= 4 is 11.9 Å². The van der Waals surface area contributed by atoms with Crippen LogP contribution in [0.1, 0.15) is 40.0 Å². The number of nitrogens with one attached hydrogen (secondary N) is 1. The zero-order valence-electron chi connectivity index (χ0n) is 13.2. The zero-order valence-corrected chi connectivity index (χ0v) is 13.2. The molecular weight excluding hydrogens is 317 g/mol. The standard InChI is InChI=1S/C17H18FNO5/c1-2-14-13(17(21)22)10-15(24-14)16(20)19-8-3-9-23-12-6-4-11(18)5-7-12/h4-7,10H,2-3,8-9H2,1H3,(H,19,20)(H,21,22). The lowest BCUT2D eigenvalue weighted by molar-refractivity contribution is 0.0694. The van der Waals surface area contributed by atoms with Crippen LogP contribution in [0.4, 0.5) is 4.39 Å². The number of carboxylic acids is 1. The van der Waals surface area contributed by atoms with Crippen LogP contribution in [0.5, 0.6) is 5.75 Å². The first-order valence-corrected chi connectivity index (χ1v) is 7.53. The largest absolute Gasteiger partial charge is 0.494 e. The molecule has 1 amide bonds. The van der Waals surface area contributed by atoms with E-state index in [2.05, 4.69) is 5.32 Å². The summed E-state index contributed by atoms with van der Waals surface area (Å²) in [4.78, 5) is 23.0. The van der Waals surface area contributed by atoms with Gasteiger partial charge in [-0.2, -0.15) is 0 Å². The number of carbonyl (C=O) groups excluding carboxylic acids is 1. The monoisotopic (exact) mass is 335 g/mol. The number of carboxylic acid groups (broad SMARTS) is 1. The smallest absolute Gasteiger partial charge is 0.339 e. The fourth-order valence-corrected chi connectivity index (χ4v) is 2.07. The summed E-state index contributed by atoms with van der Waals surface area (Å²) in [7, 11) is 0. The van der Waals surface area contributed by atoms with Crippen molar-refractivity contribution in [3.8, 4) is 5.75 Å². The molecule has 0 radical (unpaired) electrons. The molecule has 0 atom stereocenters. The van der Waals surface area contributed by atoms with Crippen LogP contribution in [-0.4, -0.2) is 30.1 Å². The molecule has 0 bridgehead atoms. The molecule has 0 aliphatic carbocycles. The van der Waals surface area contributed by atoms with Crippen molar-refractivity contribution in [2.24, 2.45) is 0 Å². The molecule has 0 fully saturated rings. The number of aromatic carboxylic acids is 1. The zero-order chi connectivity index (χ0) is 17.5. The van der Waals surface area contributed by atoms with Crippen LogP contribution in [0.25, 0.3) is 0 Å². The van der Waals surface area contributed by atoms with Gasteiger partial charge in [0.25, 0.3) is 5.91 Å². The summed E-state index contributed by atoms with van der Waals surface area (Å²) in [5, 5.41) is 11.7. The molecule has 6 nitrogen and oxygen atoms in total. The molecule has 2 rings (SSSR count). The molecule has 128 valence electrons. The molecule has 0 aliphatic rings. The Morgan fingerprint density at radius 1 is 1.29 bits per heavy atom. The van der Waals surface area contributed by atoms with Crippen LogP contribution in [0, 0.1) is 5.82 Å². The number of amides is 1. The van der Waals surface area contributed by atoms with Crippen LogP contribution in [-0.2, 0) is 6.42 Å². The Kier molecular flexibility index (Phi) is 5.95. The molecule has 2 N–H and O–H groups in total. The van der Waals surface area contributed by atoms with Gasteiger partial charge in [-0.15, -0.1) is 0 Å². The second-order valence-electron chi connectivity index (χ2n) is 5.02. The van der Waals surface area contributed by atoms with Crippen molar-refractivity contribution in [3.63, 3.8) is 0 Å². The van der Waals surface area contributed by atoms with Gasteiger partial charge in [-0.05, 0) is 30.7 Å². The molecule has 0 saturated heterocycles. The van der Waals surface area contributed by atoms with Crippen LogP contribution < -0.4 is 10.1 Å². The van der Waals surface area contributed by atoms with E-state index in [-0.39, 0.29) is 22.9 Å². The molecular formula is C17H18FNO5. The Balaban J connectivity index is 1.77. The number of hydrogen-bond donors (Lipinski definition) is 2. The van der Waals surface area contributed by atoms with E-state index in [1.165, 1.54) is 30.3 Å². The van der Waals surface area contributed by atoms with Gasteiger partial charge in [0.1, 0.15) is 22.9 Å². The number of halogens is 1. The maximum Gasteiger partial charge on any atom is 0.339 e. The Morgan fingerprint density at radius 2 is 2.00 bits per heavy atom. The van der Waals surface area contributed by atoms with Crippen LogP contribution in [0.2, 0.25) is 0 Å². The quantitative estimate of drug-likeness (QED) is 0.724. The average molecular weight is 335 g/mol. The summed E-state index contributed by atoms with van der Waals surface area (Å²) in [6, 6.07) is 6.89. The summed E-state index contributed by atoms with van der Waals surface area (Å²) < 4.78 is 23.4. The highest BCUT2D eigenvalue weighted by atomic mass is 19.1. The van der Waals surface area contributed by atoms with Crippen LogP contribution >= 0.6 is 0 Å². The third-order valence-electron chi connectivity index (χ3n) is 3.27. The van der Waals surface area contributed by atoms with Gasteiger partial charge < -0.3 is 19.6 Å². The molecule has 2 aromatic rings. The molecule has 1 heterocycles. The molecule has 1 aromatic carbocycles. The third-order valence-corrected chi connectivity index (χ3v) is 3.27. The van der Waals surface area contributed by atoms with Crippen molar-refractivity contribution < 1.29 is 28.2 Å². The number of aryl methyl sites for hydroxylation is 1. The van der Waals surface area contributed by atoms with Gasteiger partial charge >= 0.3 is 5.97 Å². The van der Waals surface area contributed by atoms with E-state index in [0.717, 1.165) is 0 Å². The van der Waals surface area contributed by atoms with E-state index in [0.29, 0.717) is 31.7 Å². The third kappa shape index (κ3) is 4.58. The molecule has 7 heteroatoms. The minimum Gasteiger partial charge on any atom is -0.494 e. The summed E-state index contributed by atoms with van der Waals surface area (Å²) >= 11 is 0. The lowest BCUT2D eigenvalue weighted by Gasteiger charge is -2.06. The number of benzene rings is 1. The van der Waals surface area contributed by atoms with Crippen molar-refractivity contribution in [2.75, 3.05) is 13.2 Å². The van der Waals surface area contributed by atoms with Crippen molar-refractivity contribution in [3.05, 3.63) is 53.2 Å². The van der Waals surface area contributed by atoms with Gasteiger partial charge in [0.15, 0.2) is 5.76 Å². The summed E-state index contributed by atoms with van der Waals surface area (Å²) in [6.45, 7) is 2.44. The topological polar surface area (TPSA) is 88.8 Å². The number of furan rings is 1. The van der Waals surface area contributed by atoms with E-state index in [9.17, 15) is 14.0 Å². The second kappa shape index (κ2) is 8.14. The summed E-state index contributed by atoms with van der Waals surface area (Å²) in [5.41, 5.74) is 0.00212. The Morgan fingerprint density at radius 3 is 2.58 bits per heavy atom. The first-order chi connectivity index (χ1) is 11.5. The minimum absolute atomic E-state index is 0.00212. The second-order valence-corrected chi connectivity index (χ2v) is 5.02. The minimum atomic E-state index is -1.12. The number of hydrogen-bond acceptors (Lipinski definition) is 4. The number of ether oxygens (including phenoxy) is 1. The van der Waals surface area contributed by atoms with Gasteiger partial charge in [-0.25, -0.2) is 9.18 Å². The van der Waals surface area contributed by atoms with Crippen LogP contribution in [0.15, 0.2) is 34.7 Å². The highest BCUT2D eigenvalue weighted by Crippen LogP contribution is 2.16. The summed E-state index contributed by atoms with van der Waals surface area (Å²) in [6.07, 6.45) is 0.927. The van der Waals surface area contributed by atoms with Gasteiger partial charge in [0.05, 0.1) is 6.61 Å².